The average molecular weight is 730 g/mol. The number of hydrogen-bond acceptors (Lipinski definition) is 0. The van der Waals surface area contributed by atoms with E-state index >= 15 is 0 Å². The van der Waals surface area contributed by atoms with Crippen LogP contribution in [0.4, 0.5) is 0 Å². The standard InChI is InChI=1S/2C26H17Cl/c27-23-17-9-16-22-24(18-10-3-1-4-11-18)20-14-7-8-15-21(20)25(26(22)23)19-12-5-2-6-13-19;27-20-15-16-23-24(17-20)26(19-11-5-2-6-12-19)22-14-8-7-13-21(22)25(23)18-9-3-1-4-10-18/h2*1-17H. The predicted molar refractivity (Wildman–Crippen MR) is 235 cm³/mol. The molecule has 10 aromatic carbocycles. The second kappa shape index (κ2) is 14.7. The Bertz CT molecular complexity index is 2860. The molecule has 0 saturated carbocycles. The molecule has 0 aliphatic heterocycles. The number of halogens is 2. The van der Waals surface area contributed by atoms with Crippen LogP contribution in [-0.2, 0) is 0 Å². The summed E-state index contributed by atoms with van der Waals surface area (Å²) in [6.07, 6.45) is 0. The second-order valence-corrected chi connectivity index (χ2v) is 14.3. The predicted octanol–water partition coefficient (Wildman–Crippen LogP) is 16.0. The second-order valence-electron chi connectivity index (χ2n) is 13.4. The zero-order chi connectivity index (χ0) is 36.4. The van der Waals surface area contributed by atoms with Crippen molar-refractivity contribution in [2.24, 2.45) is 0 Å². The molecule has 0 radical (unpaired) electrons. The van der Waals surface area contributed by atoms with Crippen LogP contribution in [0.3, 0.4) is 0 Å². The fourth-order valence-corrected chi connectivity index (χ4v) is 8.43. The third-order valence-corrected chi connectivity index (χ3v) is 10.8. The van der Waals surface area contributed by atoms with E-state index < -0.39 is 0 Å². The van der Waals surface area contributed by atoms with Gasteiger partial charge in [-0.2, -0.15) is 0 Å². The van der Waals surface area contributed by atoms with Gasteiger partial charge in [0.05, 0.1) is 0 Å². The van der Waals surface area contributed by atoms with Crippen molar-refractivity contribution in [3.05, 3.63) is 216 Å². The lowest BCUT2D eigenvalue weighted by Crippen LogP contribution is -1.91. The fraction of sp³-hybridized carbons (Fsp3) is 0. The summed E-state index contributed by atoms with van der Waals surface area (Å²) in [7, 11) is 0. The number of fused-ring (bicyclic) bond motifs is 4. The summed E-state index contributed by atoms with van der Waals surface area (Å²) >= 11 is 13.2. The maximum Gasteiger partial charge on any atom is 0.0491 e. The summed E-state index contributed by atoms with van der Waals surface area (Å²) < 4.78 is 0. The van der Waals surface area contributed by atoms with Gasteiger partial charge in [0.2, 0.25) is 0 Å². The first-order valence-electron chi connectivity index (χ1n) is 18.2. The first-order chi connectivity index (χ1) is 26.7. The first-order valence-corrected chi connectivity index (χ1v) is 18.9. The molecule has 0 fully saturated rings. The molecule has 0 aromatic heterocycles. The van der Waals surface area contributed by atoms with E-state index in [-0.39, 0.29) is 0 Å². The first kappa shape index (κ1) is 33.6. The highest BCUT2D eigenvalue weighted by Gasteiger charge is 2.19. The van der Waals surface area contributed by atoms with Crippen LogP contribution in [0.2, 0.25) is 10.0 Å². The van der Waals surface area contributed by atoms with E-state index in [1.165, 1.54) is 82.2 Å². The molecule has 0 aliphatic rings. The van der Waals surface area contributed by atoms with Crippen molar-refractivity contribution in [2.75, 3.05) is 0 Å². The number of hydrogen-bond donors (Lipinski definition) is 0. The van der Waals surface area contributed by atoms with E-state index in [1.54, 1.807) is 0 Å². The largest absolute Gasteiger partial charge is 0.0843 e. The highest BCUT2D eigenvalue weighted by Crippen LogP contribution is 2.46. The molecule has 10 aromatic rings. The van der Waals surface area contributed by atoms with Gasteiger partial charge in [-0.3, -0.25) is 0 Å². The molecule has 2 heteroatoms. The normalized spacial score (nSPS) is 11.1. The Balaban J connectivity index is 0.000000142. The highest BCUT2D eigenvalue weighted by molar-refractivity contribution is 6.39. The lowest BCUT2D eigenvalue weighted by molar-refractivity contribution is 1.65. The van der Waals surface area contributed by atoms with E-state index in [0.29, 0.717) is 0 Å². The molecule has 10 rings (SSSR count). The monoisotopic (exact) mass is 728 g/mol. The molecule has 0 atom stereocenters. The quantitative estimate of drug-likeness (QED) is 0.158. The van der Waals surface area contributed by atoms with E-state index in [4.69, 9.17) is 23.2 Å². The van der Waals surface area contributed by atoms with Crippen molar-refractivity contribution < 1.29 is 0 Å². The van der Waals surface area contributed by atoms with Crippen LogP contribution < -0.4 is 0 Å². The van der Waals surface area contributed by atoms with Gasteiger partial charge in [0.25, 0.3) is 0 Å². The molecular weight excluding hydrogens is 695 g/mol. The van der Waals surface area contributed by atoms with Gasteiger partial charge in [0, 0.05) is 15.4 Å². The van der Waals surface area contributed by atoms with Crippen LogP contribution >= 0.6 is 23.2 Å². The van der Waals surface area contributed by atoms with Crippen molar-refractivity contribution in [1.82, 2.24) is 0 Å². The molecule has 0 amide bonds. The van der Waals surface area contributed by atoms with Gasteiger partial charge in [-0.25, -0.2) is 0 Å². The molecular formula is C52H34Cl2. The van der Waals surface area contributed by atoms with E-state index in [2.05, 4.69) is 182 Å². The lowest BCUT2D eigenvalue weighted by Gasteiger charge is -2.18. The summed E-state index contributed by atoms with van der Waals surface area (Å²) in [4.78, 5) is 0. The van der Waals surface area contributed by atoms with Gasteiger partial charge in [0.15, 0.2) is 0 Å². The van der Waals surface area contributed by atoms with Crippen LogP contribution in [-0.4, -0.2) is 0 Å². The Hall–Kier alpha value is -6.18. The van der Waals surface area contributed by atoms with E-state index in [0.717, 1.165) is 15.4 Å². The van der Waals surface area contributed by atoms with Gasteiger partial charge in [-0.1, -0.05) is 211 Å². The van der Waals surface area contributed by atoms with Crippen LogP contribution in [0.15, 0.2) is 206 Å². The van der Waals surface area contributed by atoms with Crippen LogP contribution in [0.5, 0.6) is 0 Å². The Morgan fingerprint density at radius 1 is 0.241 bits per heavy atom. The van der Waals surface area contributed by atoms with Crippen molar-refractivity contribution >= 4 is 66.3 Å². The van der Waals surface area contributed by atoms with Crippen molar-refractivity contribution in [2.45, 2.75) is 0 Å². The average Bonchev–Trinajstić information content (AvgIpc) is 3.23. The number of rotatable bonds is 4. The molecule has 0 nitrogen and oxygen atoms in total. The summed E-state index contributed by atoms with van der Waals surface area (Å²) in [5.41, 5.74) is 9.77. The maximum atomic E-state index is 6.77. The van der Waals surface area contributed by atoms with Gasteiger partial charge in [-0.15, -0.1) is 0 Å². The van der Waals surface area contributed by atoms with Crippen LogP contribution in [0.25, 0.3) is 87.6 Å². The van der Waals surface area contributed by atoms with Crippen molar-refractivity contribution in [1.29, 1.82) is 0 Å². The summed E-state index contributed by atoms with van der Waals surface area (Å²) in [5, 5.41) is 11.2. The maximum absolute atomic E-state index is 6.77. The Morgan fingerprint density at radius 3 is 1.04 bits per heavy atom. The fourth-order valence-electron chi connectivity index (χ4n) is 7.99. The molecule has 0 unspecified atom stereocenters. The molecule has 54 heavy (non-hydrogen) atoms. The van der Waals surface area contributed by atoms with Gasteiger partial charge in [0.1, 0.15) is 0 Å². The highest BCUT2D eigenvalue weighted by atomic mass is 35.5. The van der Waals surface area contributed by atoms with Gasteiger partial charge in [-0.05, 0) is 100 Å². The molecule has 0 bridgehead atoms. The van der Waals surface area contributed by atoms with Gasteiger partial charge < -0.3 is 0 Å². The van der Waals surface area contributed by atoms with Crippen molar-refractivity contribution in [3.8, 4) is 44.5 Å². The molecule has 0 spiro atoms. The summed E-state index contributed by atoms with van der Waals surface area (Å²) in [6.45, 7) is 0. The third kappa shape index (κ3) is 6.10. The van der Waals surface area contributed by atoms with Crippen LogP contribution in [0.1, 0.15) is 0 Å². The summed E-state index contributed by atoms with van der Waals surface area (Å²) in [5.74, 6) is 0. The molecule has 0 aliphatic carbocycles. The molecule has 256 valence electrons. The lowest BCUT2D eigenvalue weighted by atomic mass is 9.86. The Morgan fingerprint density at radius 2 is 0.574 bits per heavy atom. The third-order valence-electron chi connectivity index (χ3n) is 10.2. The minimum Gasteiger partial charge on any atom is -0.0843 e. The minimum atomic E-state index is 0.758. The smallest absolute Gasteiger partial charge is 0.0491 e. The number of benzene rings is 10. The summed E-state index contributed by atoms with van der Waals surface area (Å²) in [6, 6.07) is 72.0. The molecule has 0 saturated heterocycles. The minimum absolute atomic E-state index is 0.758. The van der Waals surface area contributed by atoms with E-state index in [1.807, 2.05) is 24.3 Å². The SMILES string of the molecule is Clc1ccc2c(-c3ccccc3)c3ccccc3c(-c3ccccc3)c2c1.Clc1cccc2c(-c3ccccc3)c3ccccc3c(-c3ccccc3)c12. The Kier molecular flexibility index (Phi) is 9.15. The molecule has 0 heterocycles. The van der Waals surface area contributed by atoms with E-state index in [9.17, 15) is 0 Å². The topological polar surface area (TPSA) is 0 Å². The van der Waals surface area contributed by atoms with Gasteiger partial charge >= 0.3 is 0 Å². The van der Waals surface area contributed by atoms with Crippen molar-refractivity contribution in [3.63, 3.8) is 0 Å². The zero-order valence-corrected chi connectivity index (χ0v) is 30.9. The zero-order valence-electron chi connectivity index (χ0n) is 29.4. The van der Waals surface area contributed by atoms with Crippen LogP contribution in [0, 0.1) is 0 Å². The Labute approximate surface area is 325 Å². The molecule has 0 N–H and O–H groups in total.